The van der Waals surface area contributed by atoms with Crippen molar-refractivity contribution in [2.45, 2.75) is 30.1 Å². The summed E-state index contributed by atoms with van der Waals surface area (Å²) in [6.45, 7) is 0.213. The molecule has 0 amide bonds. The molecule has 0 N–H and O–H groups in total. The highest BCUT2D eigenvalue weighted by Gasteiger charge is 2.40. The van der Waals surface area contributed by atoms with Crippen LogP contribution in [0.5, 0.6) is 11.5 Å². The molecule has 2 aromatic carbocycles. The van der Waals surface area contributed by atoms with Crippen molar-refractivity contribution in [1.82, 2.24) is 4.31 Å². The fourth-order valence-corrected chi connectivity index (χ4v) is 5.01. The lowest BCUT2D eigenvalue weighted by Crippen LogP contribution is -2.31. The van der Waals surface area contributed by atoms with E-state index in [1.54, 1.807) is 24.3 Å². The average molecular weight is 401 g/mol. The van der Waals surface area contributed by atoms with E-state index in [1.165, 1.54) is 23.5 Å². The van der Waals surface area contributed by atoms with E-state index in [0.717, 1.165) is 17.7 Å². The van der Waals surface area contributed by atoms with Gasteiger partial charge in [0.2, 0.25) is 10.0 Å². The van der Waals surface area contributed by atoms with Crippen LogP contribution in [0, 0.1) is 0 Å². The van der Waals surface area contributed by atoms with Gasteiger partial charge in [0.1, 0.15) is 16.4 Å². The molecule has 1 saturated heterocycles. The number of hydrogen-bond donors (Lipinski definition) is 0. The minimum Gasteiger partial charge on any atom is -0.497 e. The highest BCUT2D eigenvalue weighted by molar-refractivity contribution is 7.89. The Morgan fingerprint density at radius 1 is 1.11 bits per heavy atom. The molecular formula is C18H18F3NO4S. The van der Waals surface area contributed by atoms with E-state index >= 15 is 0 Å². The van der Waals surface area contributed by atoms with Gasteiger partial charge in [-0.2, -0.15) is 4.31 Å². The molecule has 0 aliphatic carbocycles. The van der Waals surface area contributed by atoms with Crippen molar-refractivity contribution in [3.8, 4) is 11.5 Å². The summed E-state index contributed by atoms with van der Waals surface area (Å²) in [4.78, 5) is -0.503. The van der Waals surface area contributed by atoms with Crippen LogP contribution in [0.4, 0.5) is 13.2 Å². The predicted octanol–water partition coefficient (Wildman–Crippen LogP) is 4.12. The van der Waals surface area contributed by atoms with Crippen LogP contribution in [0.2, 0.25) is 0 Å². The normalized spacial score (nSPS) is 18.4. The Kier molecular flexibility index (Phi) is 5.34. The number of sulfonamides is 1. The summed E-state index contributed by atoms with van der Waals surface area (Å²) in [5, 5.41) is 0. The predicted molar refractivity (Wildman–Crippen MR) is 92.0 cm³/mol. The number of ether oxygens (including phenoxy) is 2. The topological polar surface area (TPSA) is 55.8 Å². The quantitative estimate of drug-likeness (QED) is 0.756. The molecule has 0 bridgehead atoms. The molecule has 1 fully saturated rings. The van der Waals surface area contributed by atoms with Crippen LogP contribution in [-0.2, 0) is 10.0 Å². The highest BCUT2D eigenvalue weighted by atomic mass is 32.2. The zero-order valence-electron chi connectivity index (χ0n) is 14.4. The Hall–Kier alpha value is -2.26. The molecule has 5 nitrogen and oxygen atoms in total. The smallest absolute Gasteiger partial charge is 0.497 e. The molecule has 0 spiro atoms. The molecule has 27 heavy (non-hydrogen) atoms. The summed E-state index contributed by atoms with van der Waals surface area (Å²) in [5.41, 5.74) is 0.727. The third kappa shape index (κ3) is 4.19. The summed E-state index contributed by atoms with van der Waals surface area (Å²) < 4.78 is 74.6. The Morgan fingerprint density at radius 3 is 2.56 bits per heavy atom. The third-order valence-corrected chi connectivity index (χ3v) is 6.29. The van der Waals surface area contributed by atoms with Crippen molar-refractivity contribution in [1.29, 1.82) is 0 Å². The first kappa shape index (κ1) is 19.5. The summed E-state index contributed by atoms with van der Waals surface area (Å²) in [7, 11) is -2.68. The van der Waals surface area contributed by atoms with Crippen molar-refractivity contribution in [2.75, 3.05) is 13.7 Å². The van der Waals surface area contributed by atoms with E-state index in [2.05, 4.69) is 4.74 Å². The number of hydrogen-bond acceptors (Lipinski definition) is 4. The molecule has 9 heteroatoms. The van der Waals surface area contributed by atoms with Crippen LogP contribution in [0.25, 0.3) is 0 Å². The molecule has 2 aromatic rings. The van der Waals surface area contributed by atoms with Crippen LogP contribution < -0.4 is 9.47 Å². The first-order valence-corrected chi connectivity index (χ1v) is 9.67. The Bertz CT molecular complexity index is 915. The molecule has 1 atom stereocenters. The number of methoxy groups -OCH3 is 1. The minimum absolute atomic E-state index is 0.213. The monoisotopic (exact) mass is 401 g/mol. The summed E-state index contributed by atoms with van der Waals surface area (Å²) >= 11 is 0. The largest absolute Gasteiger partial charge is 0.573 e. The number of alkyl halides is 3. The van der Waals surface area contributed by atoms with Gasteiger partial charge >= 0.3 is 6.36 Å². The standard InChI is InChI=1S/C18H18F3NO4S/c1-25-14-7-4-6-13(12-14)15-8-5-11-22(15)27(23,24)17-10-3-2-9-16(17)26-18(19,20)21/h2-4,6-7,9-10,12,15H,5,8,11H2,1H3. The maximum atomic E-state index is 13.1. The van der Waals surface area contributed by atoms with Crippen LogP contribution in [0.15, 0.2) is 53.4 Å². The first-order chi connectivity index (χ1) is 12.7. The lowest BCUT2D eigenvalue weighted by molar-refractivity contribution is -0.275. The Balaban J connectivity index is 1.99. The third-order valence-electron chi connectivity index (χ3n) is 4.34. The average Bonchev–Trinajstić information content (AvgIpc) is 3.11. The molecule has 1 unspecified atom stereocenters. The van der Waals surface area contributed by atoms with Gasteiger partial charge in [-0.3, -0.25) is 0 Å². The van der Waals surface area contributed by atoms with Gasteiger partial charge in [-0.25, -0.2) is 8.42 Å². The number of para-hydroxylation sites is 1. The van der Waals surface area contributed by atoms with Crippen molar-refractivity contribution in [2.24, 2.45) is 0 Å². The summed E-state index contributed by atoms with van der Waals surface area (Å²) in [6.07, 6.45) is -3.82. The van der Waals surface area contributed by atoms with E-state index in [9.17, 15) is 21.6 Å². The fourth-order valence-electron chi connectivity index (χ4n) is 3.21. The zero-order valence-corrected chi connectivity index (χ0v) is 15.3. The molecule has 0 aromatic heterocycles. The Labute approximate surface area is 155 Å². The lowest BCUT2D eigenvalue weighted by atomic mass is 10.1. The molecule has 146 valence electrons. The lowest BCUT2D eigenvalue weighted by Gasteiger charge is -2.25. The number of halogens is 3. The second kappa shape index (κ2) is 7.40. The van der Waals surface area contributed by atoms with Gasteiger partial charge in [0.15, 0.2) is 0 Å². The van der Waals surface area contributed by atoms with Crippen LogP contribution >= 0.6 is 0 Å². The van der Waals surface area contributed by atoms with Gasteiger partial charge in [-0.15, -0.1) is 13.2 Å². The molecule has 1 heterocycles. The number of benzene rings is 2. The summed E-state index contributed by atoms with van der Waals surface area (Å²) in [6, 6.07) is 11.3. The van der Waals surface area contributed by atoms with Crippen molar-refractivity contribution >= 4 is 10.0 Å². The van der Waals surface area contributed by atoms with Gasteiger partial charge in [-0.05, 0) is 42.7 Å². The number of rotatable bonds is 5. The van der Waals surface area contributed by atoms with Gasteiger partial charge in [-0.1, -0.05) is 24.3 Å². The van der Waals surface area contributed by atoms with Gasteiger partial charge < -0.3 is 9.47 Å². The highest BCUT2D eigenvalue weighted by Crippen LogP contribution is 2.40. The second-order valence-corrected chi connectivity index (χ2v) is 7.90. The van der Waals surface area contributed by atoms with Crippen molar-refractivity contribution < 1.29 is 31.1 Å². The fraction of sp³-hybridized carbons (Fsp3) is 0.333. The van der Waals surface area contributed by atoms with Crippen LogP contribution in [0.3, 0.4) is 0 Å². The van der Waals surface area contributed by atoms with Crippen LogP contribution in [-0.4, -0.2) is 32.7 Å². The van der Waals surface area contributed by atoms with E-state index in [-0.39, 0.29) is 6.54 Å². The maximum Gasteiger partial charge on any atom is 0.573 e. The van der Waals surface area contributed by atoms with E-state index in [0.29, 0.717) is 18.6 Å². The molecule has 1 aliphatic heterocycles. The minimum atomic E-state index is -4.98. The van der Waals surface area contributed by atoms with E-state index < -0.39 is 33.1 Å². The van der Waals surface area contributed by atoms with E-state index in [1.807, 2.05) is 0 Å². The number of nitrogens with zero attached hydrogens (tertiary/aromatic N) is 1. The summed E-state index contributed by atoms with van der Waals surface area (Å²) in [5.74, 6) is -0.154. The SMILES string of the molecule is COc1cccc(C2CCCN2S(=O)(=O)c2ccccc2OC(F)(F)F)c1. The van der Waals surface area contributed by atoms with Gasteiger partial charge in [0, 0.05) is 6.54 Å². The van der Waals surface area contributed by atoms with Gasteiger partial charge in [0.05, 0.1) is 13.2 Å². The second-order valence-electron chi connectivity index (χ2n) is 6.04. The molecule has 1 aliphatic rings. The first-order valence-electron chi connectivity index (χ1n) is 8.23. The van der Waals surface area contributed by atoms with E-state index in [4.69, 9.17) is 4.74 Å². The zero-order chi connectivity index (χ0) is 19.7. The van der Waals surface area contributed by atoms with Crippen molar-refractivity contribution in [3.05, 3.63) is 54.1 Å². The Morgan fingerprint density at radius 2 is 1.85 bits per heavy atom. The van der Waals surface area contributed by atoms with Crippen LogP contribution in [0.1, 0.15) is 24.4 Å². The molecule has 0 radical (unpaired) electrons. The van der Waals surface area contributed by atoms with Gasteiger partial charge in [0.25, 0.3) is 0 Å². The van der Waals surface area contributed by atoms with Crippen molar-refractivity contribution in [3.63, 3.8) is 0 Å². The maximum absolute atomic E-state index is 13.1. The molecule has 0 saturated carbocycles. The molecular weight excluding hydrogens is 383 g/mol. The molecule has 3 rings (SSSR count).